The van der Waals surface area contributed by atoms with Crippen LogP contribution in [0.25, 0.3) is 0 Å². The van der Waals surface area contributed by atoms with Crippen molar-refractivity contribution in [1.29, 1.82) is 0 Å². The fraction of sp³-hybridized carbons (Fsp3) is 0.941. The molecule has 3 atom stereocenters. The number of likely N-dealkylation sites (N-methyl/N-ethyl adjacent to an activating group) is 1. The highest BCUT2D eigenvalue weighted by Gasteiger charge is 2.25. The number of halogens is 1. The second kappa shape index (κ2) is 11.3. The quantitative estimate of drug-likeness (QED) is 0.717. The molecule has 1 amide bonds. The number of hydrogen-bond donors (Lipinski definition) is 2. The van der Waals surface area contributed by atoms with Gasteiger partial charge in [0.25, 0.3) is 0 Å². The molecule has 0 aromatic rings. The lowest BCUT2D eigenvalue weighted by Gasteiger charge is -2.32. The maximum absolute atomic E-state index is 12.4. The van der Waals surface area contributed by atoms with Crippen LogP contribution in [0.4, 0.5) is 0 Å². The molecule has 1 unspecified atom stereocenters. The van der Waals surface area contributed by atoms with Gasteiger partial charge in [-0.3, -0.25) is 9.69 Å². The molecule has 2 N–H and O–H groups in total. The number of nitrogens with one attached hydrogen (secondary N) is 2. The number of amides is 1. The van der Waals surface area contributed by atoms with E-state index in [1.165, 1.54) is 0 Å². The van der Waals surface area contributed by atoms with E-state index in [1.54, 1.807) is 0 Å². The summed E-state index contributed by atoms with van der Waals surface area (Å²) in [5, 5.41) is 6.63. The molecule has 0 aromatic carbocycles. The number of hydrogen-bond acceptors (Lipinski definition) is 3. The Morgan fingerprint density at radius 2 is 1.95 bits per heavy atom. The van der Waals surface area contributed by atoms with Gasteiger partial charge < -0.3 is 10.6 Å². The predicted octanol–water partition coefficient (Wildman–Crippen LogP) is 2.67. The molecule has 1 aliphatic heterocycles. The van der Waals surface area contributed by atoms with Crippen LogP contribution in [-0.2, 0) is 4.79 Å². The van der Waals surface area contributed by atoms with Gasteiger partial charge in [0.1, 0.15) is 0 Å². The standard InChI is InChI=1S/C17H35N3O.ClH/c1-6-20(7-2)16(10-13(3)4)12-19-17(21)15-8-9-18-14(5)11-15;/h13-16,18H,6-12H2,1-5H3,(H,19,21);1H/t14-,15-,16?;/m0./s1. The lowest BCUT2D eigenvalue weighted by atomic mass is 9.92. The van der Waals surface area contributed by atoms with E-state index in [2.05, 4.69) is 50.2 Å². The number of carbonyl (C=O) groups is 1. The summed E-state index contributed by atoms with van der Waals surface area (Å²) >= 11 is 0. The molecule has 0 bridgehead atoms. The molecule has 0 saturated carbocycles. The zero-order valence-electron chi connectivity index (χ0n) is 15.0. The topological polar surface area (TPSA) is 44.4 Å². The van der Waals surface area contributed by atoms with Crippen LogP contribution in [0.15, 0.2) is 0 Å². The number of rotatable bonds is 8. The monoisotopic (exact) mass is 333 g/mol. The van der Waals surface area contributed by atoms with Gasteiger partial charge in [-0.25, -0.2) is 0 Å². The van der Waals surface area contributed by atoms with E-state index in [0.717, 1.165) is 45.4 Å². The Morgan fingerprint density at radius 1 is 1.32 bits per heavy atom. The highest BCUT2D eigenvalue weighted by atomic mass is 35.5. The summed E-state index contributed by atoms with van der Waals surface area (Å²) in [5.41, 5.74) is 0. The van der Waals surface area contributed by atoms with E-state index in [-0.39, 0.29) is 24.2 Å². The molecular weight excluding hydrogens is 298 g/mol. The summed E-state index contributed by atoms with van der Waals surface area (Å²) in [4.78, 5) is 14.8. The molecule has 1 aliphatic rings. The van der Waals surface area contributed by atoms with Crippen LogP contribution in [0.1, 0.15) is 53.9 Å². The third kappa shape index (κ3) is 7.30. The average Bonchev–Trinajstić information content (AvgIpc) is 2.45. The van der Waals surface area contributed by atoms with Crippen molar-refractivity contribution in [3.05, 3.63) is 0 Å². The molecule has 0 radical (unpaired) electrons. The molecule has 1 fully saturated rings. The molecular formula is C17H36ClN3O. The Hall–Kier alpha value is -0.320. The second-order valence-corrected chi connectivity index (χ2v) is 6.83. The maximum atomic E-state index is 12.4. The zero-order chi connectivity index (χ0) is 15.8. The van der Waals surface area contributed by atoms with E-state index in [1.807, 2.05) is 0 Å². The maximum Gasteiger partial charge on any atom is 0.223 e. The fourth-order valence-corrected chi connectivity index (χ4v) is 3.38. The van der Waals surface area contributed by atoms with Crippen LogP contribution in [0.5, 0.6) is 0 Å². The Bertz CT molecular complexity index is 308. The average molecular weight is 334 g/mol. The Labute approximate surface area is 143 Å². The molecule has 0 spiro atoms. The minimum absolute atomic E-state index is 0. The van der Waals surface area contributed by atoms with Gasteiger partial charge in [0.05, 0.1) is 0 Å². The third-order valence-corrected chi connectivity index (χ3v) is 4.58. The van der Waals surface area contributed by atoms with Gasteiger partial charge >= 0.3 is 0 Å². The van der Waals surface area contributed by atoms with Crippen molar-refractivity contribution in [2.24, 2.45) is 11.8 Å². The zero-order valence-corrected chi connectivity index (χ0v) is 15.8. The van der Waals surface area contributed by atoms with E-state index < -0.39 is 0 Å². The lowest BCUT2D eigenvalue weighted by Crippen LogP contribution is -2.48. The Balaban J connectivity index is 0.00000441. The first-order valence-corrected chi connectivity index (χ1v) is 8.72. The predicted molar refractivity (Wildman–Crippen MR) is 96.6 cm³/mol. The Morgan fingerprint density at radius 3 is 2.45 bits per heavy atom. The van der Waals surface area contributed by atoms with Crippen molar-refractivity contribution in [2.75, 3.05) is 26.2 Å². The summed E-state index contributed by atoms with van der Waals surface area (Å²) in [6, 6.07) is 0.923. The smallest absolute Gasteiger partial charge is 0.223 e. The normalized spacial score (nSPS) is 23.2. The molecule has 0 aromatic heterocycles. The Kier molecular flexibility index (Phi) is 11.1. The van der Waals surface area contributed by atoms with Gasteiger partial charge in [0.2, 0.25) is 5.91 Å². The molecule has 22 heavy (non-hydrogen) atoms. The first-order valence-electron chi connectivity index (χ1n) is 8.72. The first kappa shape index (κ1) is 21.7. The lowest BCUT2D eigenvalue weighted by molar-refractivity contribution is -0.126. The summed E-state index contributed by atoms with van der Waals surface area (Å²) in [5.74, 6) is 1.10. The van der Waals surface area contributed by atoms with Crippen molar-refractivity contribution < 1.29 is 4.79 Å². The molecule has 1 rings (SSSR count). The van der Waals surface area contributed by atoms with E-state index in [0.29, 0.717) is 18.0 Å². The van der Waals surface area contributed by atoms with Crippen molar-refractivity contribution >= 4 is 18.3 Å². The van der Waals surface area contributed by atoms with Crippen LogP contribution >= 0.6 is 12.4 Å². The molecule has 132 valence electrons. The van der Waals surface area contributed by atoms with Crippen molar-refractivity contribution in [1.82, 2.24) is 15.5 Å². The largest absolute Gasteiger partial charge is 0.354 e. The number of piperidine rings is 1. The highest BCUT2D eigenvalue weighted by molar-refractivity contribution is 5.85. The summed E-state index contributed by atoms with van der Waals surface area (Å²) < 4.78 is 0. The van der Waals surface area contributed by atoms with Crippen LogP contribution in [0.2, 0.25) is 0 Å². The van der Waals surface area contributed by atoms with Gasteiger partial charge in [-0.15, -0.1) is 12.4 Å². The number of carbonyl (C=O) groups excluding carboxylic acids is 1. The van der Waals surface area contributed by atoms with Gasteiger partial charge in [-0.05, 0) is 51.7 Å². The summed E-state index contributed by atoms with van der Waals surface area (Å²) in [7, 11) is 0. The van der Waals surface area contributed by atoms with E-state index >= 15 is 0 Å². The van der Waals surface area contributed by atoms with Gasteiger partial charge in [0.15, 0.2) is 0 Å². The van der Waals surface area contributed by atoms with E-state index in [9.17, 15) is 4.79 Å². The van der Waals surface area contributed by atoms with Crippen LogP contribution in [0.3, 0.4) is 0 Å². The first-order chi connectivity index (χ1) is 9.97. The SMILES string of the molecule is CCN(CC)C(CNC(=O)[C@H]1CCN[C@@H](C)C1)CC(C)C.Cl. The molecule has 1 saturated heterocycles. The van der Waals surface area contributed by atoms with Gasteiger partial charge in [-0.2, -0.15) is 0 Å². The van der Waals surface area contributed by atoms with Crippen LogP contribution < -0.4 is 10.6 Å². The molecule has 5 heteroatoms. The summed E-state index contributed by atoms with van der Waals surface area (Å²) in [6.45, 7) is 14.9. The third-order valence-electron chi connectivity index (χ3n) is 4.58. The van der Waals surface area contributed by atoms with E-state index in [4.69, 9.17) is 0 Å². The highest BCUT2D eigenvalue weighted by Crippen LogP contribution is 2.16. The molecule has 4 nitrogen and oxygen atoms in total. The molecule has 0 aliphatic carbocycles. The summed E-state index contributed by atoms with van der Waals surface area (Å²) in [6.07, 6.45) is 3.08. The minimum atomic E-state index is 0. The minimum Gasteiger partial charge on any atom is -0.354 e. The van der Waals surface area contributed by atoms with Crippen molar-refractivity contribution in [2.45, 2.75) is 66.0 Å². The van der Waals surface area contributed by atoms with Gasteiger partial charge in [0, 0.05) is 24.5 Å². The van der Waals surface area contributed by atoms with Crippen LogP contribution in [0, 0.1) is 11.8 Å². The van der Waals surface area contributed by atoms with Gasteiger partial charge in [-0.1, -0.05) is 27.7 Å². The second-order valence-electron chi connectivity index (χ2n) is 6.83. The fourth-order valence-electron chi connectivity index (χ4n) is 3.38. The van der Waals surface area contributed by atoms with Crippen LogP contribution in [-0.4, -0.2) is 49.1 Å². The molecule has 1 heterocycles. The van der Waals surface area contributed by atoms with Crippen molar-refractivity contribution in [3.63, 3.8) is 0 Å². The number of nitrogens with zero attached hydrogens (tertiary/aromatic N) is 1. The van der Waals surface area contributed by atoms with Crippen molar-refractivity contribution in [3.8, 4) is 0 Å².